The smallest absolute Gasteiger partial charge is 0.327 e. The first-order valence-electron chi connectivity index (χ1n) is 5.75. The maximum atomic E-state index is 10.9. The van der Waals surface area contributed by atoms with Crippen LogP contribution in [-0.4, -0.2) is 48.8 Å². The van der Waals surface area contributed by atoms with Crippen LogP contribution in [-0.2, 0) is 14.3 Å². The van der Waals surface area contributed by atoms with Crippen molar-refractivity contribution in [3.63, 3.8) is 0 Å². The standard InChI is InChI=1S/C11H20N2O4/c1-8(14)13-9(10(15)16)6-12-7-11(17-2)4-3-5-11/h9,12H,3-7H2,1-2H3,(H,13,14)(H,15,16). The lowest BCUT2D eigenvalue weighted by Crippen LogP contribution is -2.52. The molecule has 6 nitrogen and oxygen atoms in total. The van der Waals surface area contributed by atoms with Gasteiger partial charge in [-0.1, -0.05) is 0 Å². The monoisotopic (exact) mass is 244 g/mol. The van der Waals surface area contributed by atoms with Crippen LogP contribution >= 0.6 is 0 Å². The molecule has 1 atom stereocenters. The fourth-order valence-electron chi connectivity index (χ4n) is 1.91. The van der Waals surface area contributed by atoms with Crippen molar-refractivity contribution in [2.75, 3.05) is 20.2 Å². The number of carbonyl (C=O) groups excluding carboxylic acids is 1. The zero-order chi connectivity index (χ0) is 12.9. The molecular weight excluding hydrogens is 224 g/mol. The van der Waals surface area contributed by atoms with E-state index in [0.29, 0.717) is 6.54 Å². The van der Waals surface area contributed by atoms with Gasteiger partial charge in [0.25, 0.3) is 0 Å². The van der Waals surface area contributed by atoms with E-state index in [-0.39, 0.29) is 18.1 Å². The Morgan fingerprint density at radius 2 is 2.12 bits per heavy atom. The first-order valence-corrected chi connectivity index (χ1v) is 5.75. The van der Waals surface area contributed by atoms with Gasteiger partial charge in [0.05, 0.1) is 5.60 Å². The highest BCUT2D eigenvalue weighted by molar-refractivity contribution is 5.82. The molecule has 0 aliphatic heterocycles. The molecule has 1 rings (SSSR count). The zero-order valence-corrected chi connectivity index (χ0v) is 10.3. The predicted octanol–water partition coefficient (Wildman–Crippen LogP) is -0.266. The molecule has 0 bridgehead atoms. The summed E-state index contributed by atoms with van der Waals surface area (Å²) in [5, 5.41) is 14.3. The number of nitrogens with one attached hydrogen (secondary N) is 2. The number of methoxy groups -OCH3 is 1. The third kappa shape index (κ3) is 3.98. The molecule has 1 amide bonds. The SMILES string of the molecule is COC1(CNCC(NC(C)=O)C(=O)O)CCC1. The molecule has 0 aromatic heterocycles. The highest BCUT2D eigenvalue weighted by atomic mass is 16.5. The summed E-state index contributed by atoms with van der Waals surface area (Å²) in [7, 11) is 1.67. The largest absolute Gasteiger partial charge is 0.480 e. The van der Waals surface area contributed by atoms with Gasteiger partial charge in [0.1, 0.15) is 6.04 Å². The highest BCUT2D eigenvalue weighted by Gasteiger charge is 2.36. The van der Waals surface area contributed by atoms with Gasteiger partial charge >= 0.3 is 5.97 Å². The number of aliphatic carboxylic acids is 1. The van der Waals surface area contributed by atoms with E-state index < -0.39 is 12.0 Å². The lowest BCUT2D eigenvalue weighted by Gasteiger charge is -2.40. The summed E-state index contributed by atoms with van der Waals surface area (Å²) < 4.78 is 5.40. The van der Waals surface area contributed by atoms with Gasteiger partial charge in [-0.2, -0.15) is 0 Å². The van der Waals surface area contributed by atoms with Crippen molar-refractivity contribution in [1.29, 1.82) is 0 Å². The molecule has 0 heterocycles. The Labute approximate surface area is 101 Å². The van der Waals surface area contributed by atoms with Crippen LogP contribution in [0.15, 0.2) is 0 Å². The fraction of sp³-hybridized carbons (Fsp3) is 0.818. The molecule has 0 aromatic rings. The molecule has 1 unspecified atom stereocenters. The lowest BCUT2D eigenvalue weighted by atomic mass is 9.80. The van der Waals surface area contributed by atoms with Crippen molar-refractivity contribution in [3.8, 4) is 0 Å². The van der Waals surface area contributed by atoms with E-state index >= 15 is 0 Å². The number of carbonyl (C=O) groups is 2. The van der Waals surface area contributed by atoms with E-state index in [2.05, 4.69) is 10.6 Å². The van der Waals surface area contributed by atoms with Gasteiger partial charge in [-0.25, -0.2) is 4.79 Å². The van der Waals surface area contributed by atoms with E-state index in [1.807, 2.05) is 0 Å². The van der Waals surface area contributed by atoms with Gasteiger partial charge in [0.2, 0.25) is 5.91 Å². The maximum Gasteiger partial charge on any atom is 0.327 e. The minimum atomic E-state index is -1.03. The molecule has 0 radical (unpaired) electrons. The van der Waals surface area contributed by atoms with Crippen LogP contribution in [0.25, 0.3) is 0 Å². The van der Waals surface area contributed by atoms with Crippen molar-refractivity contribution in [2.45, 2.75) is 37.8 Å². The van der Waals surface area contributed by atoms with Crippen molar-refractivity contribution < 1.29 is 19.4 Å². The third-order valence-corrected chi connectivity index (χ3v) is 3.17. The molecule has 0 spiro atoms. The Balaban J connectivity index is 2.31. The van der Waals surface area contributed by atoms with Crippen LogP contribution in [0.4, 0.5) is 0 Å². The van der Waals surface area contributed by atoms with Gasteiger partial charge in [-0.05, 0) is 19.3 Å². The van der Waals surface area contributed by atoms with Crippen molar-refractivity contribution in [2.24, 2.45) is 0 Å². The van der Waals surface area contributed by atoms with Crippen LogP contribution < -0.4 is 10.6 Å². The summed E-state index contributed by atoms with van der Waals surface area (Å²) in [5.74, 6) is -1.38. The minimum absolute atomic E-state index is 0.140. The summed E-state index contributed by atoms with van der Waals surface area (Å²) in [6.07, 6.45) is 3.13. The lowest BCUT2D eigenvalue weighted by molar-refractivity contribution is -0.141. The number of hydrogen-bond acceptors (Lipinski definition) is 4. The average Bonchev–Trinajstić information content (AvgIpc) is 2.19. The van der Waals surface area contributed by atoms with Crippen LogP contribution in [0.5, 0.6) is 0 Å². The Hall–Kier alpha value is -1.14. The number of rotatable bonds is 7. The Morgan fingerprint density at radius 1 is 1.47 bits per heavy atom. The van der Waals surface area contributed by atoms with Crippen molar-refractivity contribution in [1.82, 2.24) is 10.6 Å². The van der Waals surface area contributed by atoms with Gasteiger partial charge in [0, 0.05) is 27.1 Å². The molecular formula is C11H20N2O4. The molecule has 1 fully saturated rings. The maximum absolute atomic E-state index is 10.9. The second-order valence-electron chi connectivity index (χ2n) is 4.46. The highest BCUT2D eigenvalue weighted by Crippen LogP contribution is 2.34. The number of carboxylic acid groups (broad SMARTS) is 1. The van der Waals surface area contributed by atoms with E-state index in [1.54, 1.807) is 7.11 Å². The second-order valence-corrected chi connectivity index (χ2v) is 4.46. The first-order chi connectivity index (χ1) is 7.99. The number of carboxylic acids is 1. The van der Waals surface area contributed by atoms with Crippen LogP contribution in [0, 0.1) is 0 Å². The molecule has 6 heteroatoms. The summed E-state index contributed by atoms with van der Waals surface area (Å²) in [6.45, 7) is 2.13. The van der Waals surface area contributed by atoms with Gasteiger partial charge in [-0.3, -0.25) is 4.79 Å². The molecule has 3 N–H and O–H groups in total. The molecule has 0 aromatic carbocycles. The molecule has 1 saturated carbocycles. The molecule has 1 aliphatic rings. The van der Waals surface area contributed by atoms with E-state index in [9.17, 15) is 9.59 Å². The predicted molar refractivity (Wildman–Crippen MR) is 61.7 cm³/mol. The molecule has 1 aliphatic carbocycles. The average molecular weight is 244 g/mol. The summed E-state index contributed by atoms with van der Waals surface area (Å²) >= 11 is 0. The minimum Gasteiger partial charge on any atom is -0.480 e. The van der Waals surface area contributed by atoms with Gasteiger partial charge < -0.3 is 20.5 Å². The summed E-state index contributed by atoms with van der Waals surface area (Å²) in [6, 6.07) is -0.888. The Bertz CT molecular complexity index is 284. The normalized spacial score (nSPS) is 19.2. The number of ether oxygens (including phenoxy) is 1. The van der Waals surface area contributed by atoms with Crippen molar-refractivity contribution in [3.05, 3.63) is 0 Å². The fourth-order valence-corrected chi connectivity index (χ4v) is 1.91. The molecule has 0 saturated heterocycles. The Kier molecular flexibility index (Phi) is 4.89. The van der Waals surface area contributed by atoms with Gasteiger partial charge in [0.15, 0.2) is 0 Å². The molecule has 98 valence electrons. The first kappa shape index (κ1) is 13.9. The third-order valence-electron chi connectivity index (χ3n) is 3.17. The number of hydrogen-bond donors (Lipinski definition) is 3. The van der Waals surface area contributed by atoms with Gasteiger partial charge in [-0.15, -0.1) is 0 Å². The molecule has 17 heavy (non-hydrogen) atoms. The van der Waals surface area contributed by atoms with E-state index in [0.717, 1.165) is 19.3 Å². The van der Waals surface area contributed by atoms with E-state index in [1.165, 1.54) is 6.92 Å². The van der Waals surface area contributed by atoms with Crippen LogP contribution in [0.3, 0.4) is 0 Å². The quantitative estimate of drug-likeness (QED) is 0.574. The van der Waals surface area contributed by atoms with E-state index in [4.69, 9.17) is 9.84 Å². The number of amides is 1. The summed E-state index contributed by atoms with van der Waals surface area (Å²) in [4.78, 5) is 21.7. The van der Waals surface area contributed by atoms with Crippen molar-refractivity contribution >= 4 is 11.9 Å². The zero-order valence-electron chi connectivity index (χ0n) is 10.3. The topological polar surface area (TPSA) is 87.7 Å². The van der Waals surface area contributed by atoms with Crippen LogP contribution in [0.2, 0.25) is 0 Å². The second kappa shape index (κ2) is 5.97. The Morgan fingerprint density at radius 3 is 2.47 bits per heavy atom. The summed E-state index contributed by atoms with van der Waals surface area (Å²) in [5.41, 5.74) is -0.140. The van der Waals surface area contributed by atoms with Crippen LogP contribution in [0.1, 0.15) is 26.2 Å².